The Morgan fingerprint density at radius 3 is 1.44 bits per heavy atom. The highest BCUT2D eigenvalue weighted by Crippen LogP contribution is 2.46. The molecule has 0 aliphatic heterocycles. The molecule has 0 saturated carbocycles. The number of hydrogen-bond acceptors (Lipinski definition) is 2. The molecule has 0 amide bonds. The molecule has 0 aromatic heterocycles. The number of halogens is 6. The smallest absolute Gasteiger partial charge is 0.384 e. The normalized spacial score (nSPS) is 13.0. The van der Waals surface area contributed by atoms with Gasteiger partial charge in [-0.05, 0) is 29.7 Å². The Balaban J connectivity index is 1.72. The molecule has 2 nitrogen and oxygen atoms in total. The summed E-state index contributed by atoms with van der Waals surface area (Å²) in [7, 11) is -2.50. The van der Waals surface area contributed by atoms with E-state index in [1.54, 1.807) is 0 Å². The summed E-state index contributed by atoms with van der Waals surface area (Å²) in [5.74, 6) is 0.0250. The molecule has 0 radical (unpaired) electrons. The summed E-state index contributed by atoms with van der Waals surface area (Å²) in [5, 5.41) is 6.48. The van der Waals surface area contributed by atoms with Crippen molar-refractivity contribution < 1.29 is 26.3 Å². The Hall–Kier alpha value is -3.77. The first-order valence-electron chi connectivity index (χ1n) is 13.8. The molecule has 226 valence electrons. The van der Waals surface area contributed by atoms with Crippen LogP contribution in [-0.4, -0.2) is 12.6 Å². The van der Waals surface area contributed by atoms with E-state index in [2.05, 4.69) is 48.3 Å². The molecule has 0 aliphatic rings. The van der Waals surface area contributed by atoms with Crippen LogP contribution in [-0.2, 0) is 18.8 Å². The van der Waals surface area contributed by atoms with Gasteiger partial charge in [0.05, 0.1) is 24.7 Å². The average molecular weight is 615 g/mol. The van der Waals surface area contributed by atoms with Gasteiger partial charge in [0.1, 0.15) is 0 Å². The quantitative estimate of drug-likeness (QED) is 0.141. The van der Waals surface area contributed by atoms with E-state index in [4.69, 9.17) is 4.74 Å². The van der Waals surface area contributed by atoms with E-state index in [9.17, 15) is 26.3 Å². The number of rotatable bonds is 10. The molecule has 1 N–H and O–H groups in total. The van der Waals surface area contributed by atoms with Gasteiger partial charge in [-0.15, -0.1) is 0 Å². The maximum atomic E-state index is 13.4. The lowest BCUT2D eigenvalue weighted by atomic mass is 10.00. The van der Waals surface area contributed by atoms with Crippen molar-refractivity contribution in [1.29, 1.82) is 0 Å². The van der Waals surface area contributed by atoms with Gasteiger partial charge in [0.2, 0.25) is 0 Å². The molecule has 9 heteroatoms. The first-order valence-corrected chi connectivity index (χ1v) is 15.5. The molecule has 4 aromatic rings. The second-order valence-electron chi connectivity index (χ2n) is 10.7. The van der Waals surface area contributed by atoms with Crippen molar-refractivity contribution >= 4 is 23.0 Å². The van der Waals surface area contributed by atoms with E-state index in [0.717, 1.165) is 28.0 Å². The van der Waals surface area contributed by atoms with Crippen LogP contribution in [0.25, 0.3) is 0 Å². The van der Waals surface area contributed by atoms with Gasteiger partial charge in [0, 0.05) is 34.1 Å². The molecule has 4 aromatic carbocycles. The van der Waals surface area contributed by atoms with Crippen molar-refractivity contribution in [3.8, 4) is 0 Å². The van der Waals surface area contributed by atoms with Crippen LogP contribution in [0.3, 0.4) is 0 Å². The van der Waals surface area contributed by atoms with Crippen LogP contribution >= 0.6 is 7.05 Å². The first kappa shape index (κ1) is 32.2. The molecule has 4 rings (SSSR count). The van der Waals surface area contributed by atoms with Crippen molar-refractivity contribution in [2.75, 3.05) is 6.54 Å². The second kappa shape index (κ2) is 13.3. The summed E-state index contributed by atoms with van der Waals surface area (Å²) in [5.41, 5.74) is -2.50. The molecular weight excluding hydrogens is 581 g/mol. The van der Waals surface area contributed by atoms with Gasteiger partial charge in [-0.3, -0.25) is 4.74 Å². The Labute approximate surface area is 248 Å². The van der Waals surface area contributed by atoms with Gasteiger partial charge in [0.15, 0.2) is 0 Å². The van der Waals surface area contributed by atoms with Crippen LogP contribution in [0.2, 0.25) is 0 Å². The zero-order valence-corrected chi connectivity index (χ0v) is 24.7. The van der Waals surface area contributed by atoms with Gasteiger partial charge in [-0.2, -0.15) is 26.3 Å². The van der Waals surface area contributed by atoms with Crippen molar-refractivity contribution in [3.63, 3.8) is 0 Å². The predicted octanol–water partition coefficient (Wildman–Crippen LogP) is 8.57. The number of nitrogens with one attached hydrogen (secondary N) is 1. The molecular formula is C34H33F6N2P. The van der Waals surface area contributed by atoms with Crippen LogP contribution < -0.4 is 21.2 Å². The molecule has 0 heterocycles. The van der Waals surface area contributed by atoms with Gasteiger partial charge < -0.3 is 5.32 Å². The van der Waals surface area contributed by atoms with E-state index in [1.807, 2.05) is 68.4 Å². The minimum Gasteiger partial charge on any atom is -0.384 e. The summed E-state index contributed by atoms with van der Waals surface area (Å²) in [6, 6.07) is 31.5. The zero-order chi connectivity index (χ0) is 31.3. The summed E-state index contributed by atoms with van der Waals surface area (Å²) in [4.78, 5) is 0. The average Bonchev–Trinajstić information content (AvgIpc) is 2.97. The van der Waals surface area contributed by atoms with Gasteiger partial charge in [0.25, 0.3) is 0 Å². The number of allylic oxidation sites excluding steroid dienone is 1. The Bertz CT molecular complexity index is 1430. The molecule has 0 fully saturated rings. The molecule has 0 saturated heterocycles. The minimum atomic E-state index is -4.91. The largest absolute Gasteiger partial charge is 0.416 e. The SMILES string of the molecule is C=C(Cc1cc(C(F)(F)F)cc(C(F)(F)F)c1)N[C@H](CN=P(c1ccccc1)(c1ccccc1)c1ccccc1)C(C)C. The zero-order valence-electron chi connectivity index (χ0n) is 23.8. The Morgan fingerprint density at radius 1 is 0.698 bits per heavy atom. The number of nitrogens with zero attached hydrogens (tertiary/aromatic N) is 1. The van der Waals surface area contributed by atoms with Gasteiger partial charge >= 0.3 is 12.4 Å². The maximum absolute atomic E-state index is 13.4. The third-order valence-electron chi connectivity index (χ3n) is 7.14. The van der Waals surface area contributed by atoms with Crippen molar-refractivity contribution in [1.82, 2.24) is 5.32 Å². The fourth-order valence-corrected chi connectivity index (χ4v) is 8.55. The van der Waals surface area contributed by atoms with Crippen molar-refractivity contribution in [2.24, 2.45) is 10.7 Å². The standard InChI is InChI=1S/C34H33F6N2P/c1-24(2)32(42-25(3)19-26-20-27(33(35,36)37)22-28(21-26)34(38,39)40)23-41-43(29-13-7-4-8-14-29,30-15-9-5-10-16-30)31-17-11-6-12-18-31/h4-18,20-22,24,32,42H,3,19,23H2,1-2H3/t32-/m1/s1. The lowest BCUT2D eigenvalue weighted by molar-refractivity contribution is -0.143. The minimum absolute atomic E-state index is 0.0250. The first-order chi connectivity index (χ1) is 20.3. The number of benzene rings is 4. The summed E-state index contributed by atoms with van der Waals surface area (Å²) in [6.07, 6.45) is -10.0. The van der Waals surface area contributed by atoms with E-state index >= 15 is 0 Å². The number of hydrogen-bond donors (Lipinski definition) is 1. The Morgan fingerprint density at radius 2 is 1.09 bits per heavy atom. The van der Waals surface area contributed by atoms with Gasteiger partial charge in [-0.25, -0.2) is 0 Å². The molecule has 0 bridgehead atoms. The van der Waals surface area contributed by atoms with Crippen molar-refractivity contribution in [3.05, 3.63) is 138 Å². The topological polar surface area (TPSA) is 24.4 Å². The lowest BCUT2D eigenvalue weighted by Gasteiger charge is -2.30. The van der Waals surface area contributed by atoms with Crippen LogP contribution in [0, 0.1) is 5.92 Å². The highest BCUT2D eigenvalue weighted by atomic mass is 31.2. The Kier molecular flexibility index (Phi) is 9.91. The lowest BCUT2D eigenvalue weighted by Crippen LogP contribution is -2.37. The van der Waals surface area contributed by atoms with Crippen molar-refractivity contribution in [2.45, 2.75) is 38.7 Å². The predicted molar refractivity (Wildman–Crippen MR) is 163 cm³/mol. The molecule has 0 spiro atoms. The summed E-state index contributed by atoms with van der Waals surface area (Å²) in [6.45, 7) is 8.27. The highest BCUT2D eigenvalue weighted by Gasteiger charge is 2.37. The number of alkyl halides is 6. The second-order valence-corrected chi connectivity index (χ2v) is 13.8. The fraction of sp³-hybridized carbons (Fsp3) is 0.235. The molecule has 0 unspecified atom stereocenters. The van der Waals surface area contributed by atoms with Crippen LogP contribution in [0.1, 0.15) is 30.5 Å². The monoisotopic (exact) mass is 614 g/mol. The molecule has 0 aliphatic carbocycles. The van der Waals surface area contributed by atoms with Crippen LogP contribution in [0.5, 0.6) is 0 Å². The third-order valence-corrected chi connectivity index (χ3v) is 10.9. The molecule has 1 atom stereocenters. The summed E-state index contributed by atoms with van der Waals surface area (Å²) < 4.78 is 85.9. The van der Waals surface area contributed by atoms with E-state index in [1.165, 1.54) is 0 Å². The maximum Gasteiger partial charge on any atom is 0.416 e. The van der Waals surface area contributed by atoms with Gasteiger partial charge in [-0.1, -0.05) is 111 Å². The fourth-order valence-electron chi connectivity index (χ4n) is 4.94. The highest BCUT2D eigenvalue weighted by molar-refractivity contribution is 7.87. The van der Waals surface area contributed by atoms with Crippen LogP contribution in [0.15, 0.2) is 126 Å². The van der Waals surface area contributed by atoms with E-state index in [0.29, 0.717) is 12.2 Å². The van der Waals surface area contributed by atoms with E-state index < -0.39 is 30.5 Å². The molecule has 43 heavy (non-hydrogen) atoms. The summed E-state index contributed by atoms with van der Waals surface area (Å²) >= 11 is 0. The van der Waals surface area contributed by atoms with E-state index in [-0.39, 0.29) is 30.0 Å². The third kappa shape index (κ3) is 7.80. The van der Waals surface area contributed by atoms with Crippen LogP contribution in [0.4, 0.5) is 26.3 Å².